The van der Waals surface area contributed by atoms with Gasteiger partial charge in [0.05, 0.1) is 12.3 Å². The number of hydrogen-bond acceptors (Lipinski definition) is 6. The summed E-state index contributed by atoms with van der Waals surface area (Å²) in [5.41, 5.74) is 0.570. The maximum absolute atomic E-state index is 11.9. The number of nitrogens with zero attached hydrogens (tertiary/aromatic N) is 2. The number of hydrogen-bond donors (Lipinski definition) is 2. The van der Waals surface area contributed by atoms with Crippen LogP contribution in [0.5, 0.6) is 0 Å². The van der Waals surface area contributed by atoms with Gasteiger partial charge < -0.3 is 15.1 Å². The van der Waals surface area contributed by atoms with Crippen LogP contribution < -0.4 is 10.6 Å². The molecule has 0 saturated heterocycles. The summed E-state index contributed by atoms with van der Waals surface area (Å²) in [6, 6.07) is 9.21. The first-order chi connectivity index (χ1) is 12.2. The predicted octanol–water partition coefficient (Wildman–Crippen LogP) is 2.15. The van der Waals surface area contributed by atoms with Gasteiger partial charge >= 0.3 is 0 Å². The molecule has 2 N–H and O–H groups in total. The predicted molar refractivity (Wildman–Crippen MR) is 93.0 cm³/mol. The van der Waals surface area contributed by atoms with E-state index in [0.717, 1.165) is 12.8 Å². The van der Waals surface area contributed by atoms with Crippen LogP contribution in [0.1, 0.15) is 41.9 Å². The lowest BCUT2D eigenvalue weighted by Gasteiger charge is -2.10. The first-order valence-corrected chi connectivity index (χ1v) is 9.27. The molecule has 1 aliphatic rings. The van der Waals surface area contributed by atoms with Gasteiger partial charge in [0.25, 0.3) is 11.1 Å². The number of carbonyl (C=O) groups is 2. The lowest BCUT2D eigenvalue weighted by atomic mass is 10.2. The summed E-state index contributed by atoms with van der Waals surface area (Å²) in [6.07, 6.45) is 4.48. The van der Waals surface area contributed by atoms with E-state index >= 15 is 0 Å². The highest BCUT2D eigenvalue weighted by molar-refractivity contribution is 7.99. The van der Waals surface area contributed by atoms with E-state index < -0.39 is 0 Å². The van der Waals surface area contributed by atoms with Crippen LogP contribution >= 0.6 is 11.8 Å². The topological polar surface area (TPSA) is 97.1 Å². The highest BCUT2D eigenvalue weighted by Crippen LogP contribution is 2.19. The van der Waals surface area contributed by atoms with E-state index in [1.807, 2.05) is 6.07 Å². The van der Waals surface area contributed by atoms with Crippen LogP contribution in [0.2, 0.25) is 0 Å². The highest BCUT2D eigenvalue weighted by atomic mass is 32.2. The maximum atomic E-state index is 11.9. The molecule has 8 heteroatoms. The van der Waals surface area contributed by atoms with Gasteiger partial charge in [-0.05, 0) is 25.0 Å². The highest BCUT2D eigenvalue weighted by Gasteiger charge is 2.18. The van der Waals surface area contributed by atoms with Gasteiger partial charge in [-0.1, -0.05) is 42.8 Å². The summed E-state index contributed by atoms with van der Waals surface area (Å²) >= 11 is 1.20. The molecule has 2 aromatic rings. The minimum Gasteiger partial charge on any atom is -0.414 e. The van der Waals surface area contributed by atoms with Crippen molar-refractivity contribution in [3.8, 4) is 0 Å². The van der Waals surface area contributed by atoms with E-state index in [9.17, 15) is 9.59 Å². The van der Waals surface area contributed by atoms with Crippen molar-refractivity contribution in [3.63, 3.8) is 0 Å². The van der Waals surface area contributed by atoms with Crippen LogP contribution in [0.4, 0.5) is 0 Å². The number of nitrogens with one attached hydrogen (secondary N) is 2. The lowest BCUT2D eigenvalue weighted by Crippen LogP contribution is -2.33. The SMILES string of the molecule is O=C(CSc1nnc(CNC(=O)c2ccccc2)o1)NC1CCCC1. The van der Waals surface area contributed by atoms with Crippen LogP contribution in [0.3, 0.4) is 0 Å². The molecule has 1 aromatic heterocycles. The molecule has 0 unspecified atom stereocenters. The summed E-state index contributed by atoms with van der Waals surface area (Å²) in [4.78, 5) is 23.8. The molecule has 1 saturated carbocycles. The molecule has 1 fully saturated rings. The average Bonchev–Trinajstić information content (AvgIpc) is 3.30. The number of aromatic nitrogens is 2. The fourth-order valence-electron chi connectivity index (χ4n) is 2.68. The number of rotatable bonds is 7. The van der Waals surface area contributed by atoms with Crippen molar-refractivity contribution < 1.29 is 14.0 Å². The van der Waals surface area contributed by atoms with E-state index in [0.29, 0.717) is 22.7 Å². The van der Waals surface area contributed by atoms with Gasteiger partial charge in [-0.3, -0.25) is 9.59 Å². The van der Waals surface area contributed by atoms with Gasteiger partial charge in [0.2, 0.25) is 11.8 Å². The number of thioether (sulfide) groups is 1. The molecule has 1 aromatic carbocycles. The van der Waals surface area contributed by atoms with E-state index in [-0.39, 0.29) is 24.1 Å². The normalized spacial score (nSPS) is 14.4. The van der Waals surface area contributed by atoms with Crippen LogP contribution in [-0.4, -0.2) is 33.8 Å². The molecule has 0 spiro atoms. The van der Waals surface area contributed by atoms with Crippen LogP contribution in [0.25, 0.3) is 0 Å². The fraction of sp³-hybridized carbons (Fsp3) is 0.412. The summed E-state index contributed by atoms with van der Waals surface area (Å²) in [7, 11) is 0. The molecule has 132 valence electrons. The summed E-state index contributed by atoms with van der Waals surface area (Å²) in [5.74, 6) is 0.329. The van der Waals surface area contributed by atoms with Gasteiger partial charge in [0.1, 0.15) is 0 Å². The number of carbonyl (C=O) groups excluding carboxylic acids is 2. The van der Waals surface area contributed by atoms with Crippen LogP contribution in [-0.2, 0) is 11.3 Å². The zero-order chi connectivity index (χ0) is 17.5. The van der Waals surface area contributed by atoms with Crippen molar-refractivity contribution in [1.29, 1.82) is 0 Å². The van der Waals surface area contributed by atoms with E-state index in [1.54, 1.807) is 24.3 Å². The van der Waals surface area contributed by atoms with Crippen molar-refractivity contribution in [3.05, 3.63) is 41.8 Å². The van der Waals surface area contributed by atoms with E-state index in [4.69, 9.17) is 4.42 Å². The first kappa shape index (κ1) is 17.5. The molecular formula is C17H20N4O3S. The van der Waals surface area contributed by atoms with Gasteiger partial charge in [-0.25, -0.2) is 0 Å². The second kappa shape index (κ2) is 8.66. The summed E-state index contributed by atoms with van der Waals surface area (Å²) < 4.78 is 5.44. The zero-order valence-corrected chi connectivity index (χ0v) is 14.6. The molecule has 1 heterocycles. The minimum atomic E-state index is -0.205. The molecule has 7 nitrogen and oxygen atoms in total. The molecule has 1 aliphatic carbocycles. The number of benzene rings is 1. The second-order valence-electron chi connectivity index (χ2n) is 5.85. The Kier molecular flexibility index (Phi) is 6.05. The molecular weight excluding hydrogens is 340 g/mol. The summed E-state index contributed by atoms with van der Waals surface area (Å²) in [5, 5.41) is 13.8. The smallest absolute Gasteiger partial charge is 0.277 e. The van der Waals surface area contributed by atoms with Crippen LogP contribution in [0, 0.1) is 0 Å². The Morgan fingerprint density at radius 3 is 2.68 bits per heavy atom. The van der Waals surface area contributed by atoms with Crippen molar-refractivity contribution in [2.75, 3.05) is 5.75 Å². The maximum Gasteiger partial charge on any atom is 0.277 e. The van der Waals surface area contributed by atoms with Crippen LogP contribution in [0.15, 0.2) is 40.0 Å². The standard InChI is InChI=1S/C17H20N4O3S/c22-14(19-13-8-4-5-9-13)11-25-17-21-20-15(24-17)10-18-16(23)12-6-2-1-3-7-12/h1-3,6-7,13H,4-5,8-11H2,(H,18,23)(H,19,22). The third-order valence-electron chi connectivity index (χ3n) is 3.93. The Bertz CT molecular complexity index is 714. The first-order valence-electron chi connectivity index (χ1n) is 8.28. The van der Waals surface area contributed by atoms with Gasteiger partial charge in [0, 0.05) is 11.6 Å². The average molecular weight is 360 g/mol. The van der Waals surface area contributed by atoms with E-state index in [2.05, 4.69) is 20.8 Å². The van der Waals surface area contributed by atoms with Crippen molar-refractivity contribution in [2.24, 2.45) is 0 Å². The fourth-order valence-corrected chi connectivity index (χ4v) is 3.27. The van der Waals surface area contributed by atoms with Crippen molar-refractivity contribution in [2.45, 2.75) is 43.5 Å². The Labute approximate surface area is 150 Å². The Morgan fingerprint density at radius 1 is 1.16 bits per heavy atom. The monoisotopic (exact) mass is 360 g/mol. The molecule has 2 amide bonds. The molecule has 0 radical (unpaired) electrons. The molecule has 0 atom stereocenters. The molecule has 3 rings (SSSR count). The van der Waals surface area contributed by atoms with Gasteiger partial charge in [-0.15, -0.1) is 10.2 Å². The quantitative estimate of drug-likeness (QED) is 0.735. The van der Waals surface area contributed by atoms with Crippen molar-refractivity contribution >= 4 is 23.6 Å². The number of amides is 2. The van der Waals surface area contributed by atoms with Gasteiger partial charge in [-0.2, -0.15) is 0 Å². The minimum absolute atomic E-state index is 0.0194. The Morgan fingerprint density at radius 2 is 1.92 bits per heavy atom. The molecule has 0 bridgehead atoms. The van der Waals surface area contributed by atoms with Gasteiger partial charge in [0.15, 0.2) is 0 Å². The second-order valence-corrected chi connectivity index (χ2v) is 6.77. The van der Waals surface area contributed by atoms with E-state index in [1.165, 1.54) is 24.6 Å². The summed E-state index contributed by atoms with van der Waals surface area (Å²) in [6.45, 7) is 0.148. The largest absolute Gasteiger partial charge is 0.414 e. The molecule has 25 heavy (non-hydrogen) atoms. The Balaban J connectivity index is 1.41. The zero-order valence-electron chi connectivity index (χ0n) is 13.7. The third-order valence-corrected chi connectivity index (χ3v) is 4.75. The van der Waals surface area contributed by atoms with Crippen molar-refractivity contribution in [1.82, 2.24) is 20.8 Å². The lowest BCUT2D eigenvalue weighted by molar-refractivity contribution is -0.119. The Hall–Kier alpha value is -2.35. The third kappa shape index (κ3) is 5.32. The molecule has 0 aliphatic heterocycles.